The molecule has 0 aliphatic carbocycles. The Kier molecular flexibility index (Phi) is 6.93. The van der Waals surface area contributed by atoms with E-state index >= 15 is 0 Å². The molecule has 0 spiro atoms. The third kappa shape index (κ3) is 5.01. The first-order valence-electron chi connectivity index (χ1n) is 13.0. The molecule has 5 rings (SSSR count). The quantitative estimate of drug-likeness (QED) is 0.508. The number of likely N-dealkylation sites (tertiary alicyclic amines) is 1. The lowest BCUT2D eigenvalue weighted by atomic mass is 10.1. The molecule has 0 saturated carbocycles. The number of benzene rings is 2. The Labute approximate surface area is 220 Å². The Morgan fingerprint density at radius 2 is 1.50 bits per heavy atom. The van der Waals surface area contributed by atoms with Gasteiger partial charge in [0, 0.05) is 74.8 Å². The van der Waals surface area contributed by atoms with Crippen molar-refractivity contribution in [1.82, 2.24) is 19.3 Å². The smallest absolute Gasteiger partial charge is 0.270 e. The van der Waals surface area contributed by atoms with Gasteiger partial charge in [-0.2, -0.15) is 5.26 Å². The number of halogens is 2. The monoisotopic (exact) mass is 519 g/mol. The third-order valence-electron chi connectivity index (χ3n) is 7.64. The first-order valence-corrected chi connectivity index (χ1v) is 13.0. The van der Waals surface area contributed by atoms with Crippen LogP contribution in [-0.2, 0) is 0 Å². The van der Waals surface area contributed by atoms with Crippen LogP contribution in [0.25, 0.3) is 16.6 Å². The number of nitrogens with zero attached hydrogens (tertiary/aromatic N) is 5. The highest BCUT2D eigenvalue weighted by atomic mass is 19.3. The Balaban J connectivity index is 1.50. The second kappa shape index (κ2) is 10.2. The molecule has 198 valence electrons. The molecule has 0 N–H and O–H groups in total. The average Bonchev–Trinajstić information content (AvgIpc) is 3.31. The van der Waals surface area contributed by atoms with Crippen molar-refractivity contribution >= 4 is 22.7 Å². The molecular formula is C29H31F2N5O2. The molecule has 3 aromatic rings. The number of nitriles is 1. The van der Waals surface area contributed by atoms with Crippen molar-refractivity contribution < 1.29 is 18.4 Å². The summed E-state index contributed by atoms with van der Waals surface area (Å²) in [4.78, 5) is 32.6. The molecule has 2 saturated heterocycles. The number of piperazine rings is 1. The van der Waals surface area contributed by atoms with Crippen molar-refractivity contribution in [1.29, 1.82) is 5.26 Å². The number of hydrogen-bond donors (Lipinski definition) is 0. The summed E-state index contributed by atoms with van der Waals surface area (Å²) in [7, 11) is 0. The van der Waals surface area contributed by atoms with E-state index in [1.807, 2.05) is 11.0 Å². The van der Waals surface area contributed by atoms with E-state index in [2.05, 4.69) is 24.8 Å². The summed E-state index contributed by atoms with van der Waals surface area (Å²) in [5.74, 6) is -3.14. The third-order valence-corrected chi connectivity index (χ3v) is 7.64. The summed E-state index contributed by atoms with van der Waals surface area (Å²) < 4.78 is 29.3. The molecular weight excluding hydrogens is 488 g/mol. The van der Waals surface area contributed by atoms with Gasteiger partial charge in [0.05, 0.1) is 17.1 Å². The molecule has 2 aromatic carbocycles. The van der Waals surface area contributed by atoms with Crippen LogP contribution in [0.4, 0.5) is 8.78 Å². The van der Waals surface area contributed by atoms with Crippen molar-refractivity contribution in [3.05, 3.63) is 65.4 Å². The van der Waals surface area contributed by atoms with Gasteiger partial charge in [-0.15, -0.1) is 0 Å². The summed E-state index contributed by atoms with van der Waals surface area (Å²) in [5, 5.41) is 9.91. The minimum absolute atomic E-state index is 0.0210. The van der Waals surface area contributed by atoms with Gasteiger partial charge in [-0.25, -0.2) is 8.78 Å². The molecule has 38 heavy (non-hydrogen) atoms. The van der Waals surface area contributed by atoms with Crippen LogP contribution in [0.3, 0.4) is 0 Å². The number of piperidine rings is 1. The molecule has 1 aromatic heterocycles. The molecule has 0 unspecified atom stereocenters. The van der Waals surface area contributed by atoms with Gasteiger partial charge in [0.15, 0.2) is 0 Å². The number of alkyl halides is 2. The zero-order chi connectivity index (χ0) is 27.0. The number of carbonyl (C=O) groups excluding carboxylic acids is 2. The Morgan fingerprint density at radius 1 is 0.868 bits per heavy atom. The van der Waals surface area contributed by atoms with E-state index in [0.29, 0.717) is 47.0 Å². The first kappa shape index (κ1) is 25.9. The molecule has 2 fully saturated rings. The summed E-state index contributed by atoms with van der Waals surface area (Å²) in [6.07, 6.45) is -0.725. The summed E-state index contributed by atoms with van der Waals surface area (Å²) in [6, 6.07) is 16.5. The van der Waals surface area contributed by atoms with Crippen LogP contribution in [0.1, 0.15) is 53.1 Å². The molecule has 0 bridgehead atoms. The highest BCUT2D eigenvalue weighted by molar-refractivity contribution is 6.03. The largest absolute Gasteiger partial charge is 0.337 e. The number of carbonyl (C=O) groups is 2. The predicted octanol–water partition coefficient (Wildman–Crippen LogP) is 4.54. The summed E-state index contributed by atoms with van der Waals surface area (Å²) >= 11 is 0. The van der Waals surface area contributed by atoms with Gasteiger partial charge in [0.25, 0.3) is 17.7 Å². The van der Waals surface area contributed by atoms with E-state index in [1.54, 1.807) is 47.0 Å². The maximum atomic E-state index is 13.8. The highest BCUT2D eigenvalue weighted by Gasteiger charge is 2.36. The molecule has 2 amide bonds. The molecule has 2 aliphatic rings. The lowest BCUT2D eigenvalue weighted by Crippen LogP contribution is -2.50. The van der Waals surface area contributed by atoms with Gasteiger partial charge in [0.1, 0.15) is 5.69 Å². The van der Waals surface area contributed by atoms with E-state index in [-0.39, 0.29) is 37.7 Å². The fourth-order valence-corrected chi connectivity index (χ4v) is 5.29. The lowest BCUT2D eigenvalue weighted by Gasteiger charge is -2.37. The van der Waals surface area contributed by atoms with Crippen LogP contribution in [0.15, 0.2) is 48.5 Å². The lowest BCUT2D eigenvalue weighted by molar-refractivity contribution is -0.0495. The normalized spacial score (nSPS) is 18.1. The van der Waals surface area contributed by atoms with Crippen molar-refractivity contribution in [2.45, 2.75) is 38.7 Å². The van der Waals surface area contributed by atoms with E-state index in [0.717, 1.165) is 18.6 Å². The van der Waals surface area contributed by atoms with E-state index in [1.165, 1.54) is 4.90 Å². The summed E-state index contributed by atoms with van der Waals surface area (Å²) in [5.41, 5.74) is 2.77. The van der Waals surface area contributed by atoms with Crippen LogP contribution < -0.4 is 0 Å². The van der Waals surface area contributed by atoms with Crippen LogP contribution in [0, 0.1) is 11.3 Å². The molecule has 0 atom stereocenters. The maximum Gasteiger partial charge on any atom is 0.270 e. The number of aromatic nitrogens is 1. The number of fused-ring (bicyclic) bond motifs is 1. The standard InChI is InChI=1S/C29H31F2N5O2/c1-20(2)33-13-15-35(16-14-33)27(37)22-5-8-25-23(17-22)18-26(28(38)34-11-9-29(30,31)10-12-34)36(25)24-6-3-21(19-32)4-7-24/h3-8,17-18,20H,9-16H2,1-2H3. The predicted molar refractivity (Wildman–Crippen MR) is 141 cm³/mol. The van der Waals surface area contributed by atoms with Gasteiger partial charge in [-0.3, -0.25) is 14.5 Å². The van der Waals surface area contributed by atoms with Crippen molar-refractivity contribution in [2.75, 3.05) is 39.3 Å². The van der Waals surface area contributed by atoms with Gasteiger partial charge in [-0.05, 0) is 62.4 Å². The zero-order valence-electron chi connectivity index (χ0n) is 21.7. The Hall–Kier alpha value is -3.77. The van der Waals surface area contributed by atoms with Crippen molar-refractivity contribution in [3.63, 3.8) is 0 Å². The van der Waals surface area contributed by atoms with E-state index in [9.17, 15) is 23.6 Å². The molecule has 2 aliphatic heterocycles. The van der Waals surface area contributed by atoms with Gasteiger partial charge >= 0.3 is 0 Å². The van der Waals surface area contributed by atoms with E-state index in [4.69, 9.17) is 0 Å². The van der Waals surface area contributed by atoms with Crippen LogP contribution in [0.5, 0.6) is 0 Å². The van der Waals surface area contributed by atoms with Gasteiger partial charge < -0.3 is 14.4 Å². The second-order valence-electron chi connectivity index (χ2n) is 10.4. The topological polar surface area (TPSA) is 72.6 Å². The van der Waals surface area contributed by atoms with Crippen LogP contribution in [0.2, 0.25) is 0 Å². The molecule has 9 heteroatoms. The van der Waals surface area contributed by atoms with Crippen LogP contribution >= 0.6 is 0 Å². The minimum Gasteiger partial charge on any atom is -0.337 e. The van der Waals surface area contributed by atoms with Crippen molar-refractivity contribution in [3.8, 4) is 11.8 Å². The van der Waals surface area contributed by atoms with Gasteiger partial charge in [-0.1, -0.05) is 0 Å². The SMILES string of the molecule is CC(C)N1CCN(C(=O)c2ccc3c(c2)cc(C(=O)N2CCC(F)(F)CC2)n3-c2ccc(C#N)cc2)CC1. The molecule has 0 radical (unpaired) electrons. The van der Waals surface area contributed by atoms with Gasteiger partial charge in [0.2, 0.25) is 0 Å². The first-order chi connectivity index (χ1) is 18.2. The number of hydrogen-bond acceptors (Lipinski definition) is 4. The second-order valence-corrected chi connectivity index (χ2v) is 10.4. The fourth-order valence-electron chi connectivity index (χ4n) is 5.29. The minimum atomic E-state index is -2.76. The number of rotatable bonds is 4. The zero-order valence-corrected chi connectivity index (χ0v) is 21.7. The Morgan fingerprint density at radius 3 is 2.11 bits per heavy atom. The molecule has 3 heterocycles. The summed E-state index contributed by atoms with van der Waals surface area (Å²) in [6.45, 7) is 7.23. The van der Waals surface area contributed by atoms with Crippen molar-refractivity contribution in [2.24, 2.45) is 0 Å². The fraction of sp³-hybridized carbons (Fsp3) is 0.414. The molecule has 7 nitrogen and oxygen atoms in total. The Bertz CT molecular complexity index is 1390. The van der Waals surface area contributed by atoms with Crippen LogP contribution in [-0.4, -0.2) is 82.3 Å². The van der Waals surface area contributed by atoms with E-state index < -0.39 is 5.92 Å². The number of amides is 2. The highest BCUT2D eigenvalue weighted by Crippen LogP contribution is 2.31. The maximum absolute atomic E-state index is 13.8. The average molecular weight is 520 g/mol.